The minimum absolute atomic E-state index is 0.0252. The van der Waals surface area contributed by atoms with Gasteiger partial charge in [-0.3, -0.25) is 4.79 Å². The molecule has 1 unspecified atom stereocenters. The highest BCUT2D eigenvalue weighted by Crippen LogP contribution is 2.60. The van der Waals surface area contributed by atoms with Crippen molar-refractivity contribution in [2.45, 2.75) is 113 Å². The molecule has 0 radical (unpaired) electrons. The van der Waals surface area contributed by atoms with Gasteiger partial charge in [-0.15, -0.1) is 0 Å². The van der Waals surface area contributed by atoms with Crippen molar-refractivity contribution in [3.63, 3.8) is 0 Å². The number of aliphatic carboxylic acids is 1. The summed E-state index contributed by atoms with van der Waals surface area (Å²) in [5, 5.41) is 10.8. The molecule has 0 aromatic heterocycles. The zero-order valence-electron chi connectivity index (χ0n) is 23.1. The molecule has 0 fully saturated rings. The average Bonchev–Trinajstić information content (AvgIpc) is 2.77. The van der Waals surface area contributed by atoms with E-state index < -0.39 is 73.1 Å². The van der Waals surface area contributed by atoms with Crippen LogP contribution < -0.4 is 5.11 Å². The molecule has 0 N–H and O–H groups in total. The Morgan fingerprint density at radius 1 is 0.643 bits per heavy atom. The second kappa shape index (κ2) is 14.6. The number of quaternary nitrogens is 1. The molecule has 0 amide bonds. The molecule has 0 aliphatic carbocycles. The Balaban J connectivity index is 4.58. The van der Waals surface area contributed by atoms with Crippen LogP contribution in [0.3, 0.4) is 0 Å². The van der Waals surface area contributed by atoms with E-state index in [0.717, 1.165) is 0 Å². The van der Waals surface area contributed by atoms with E-state index in [1.165, 1.54) is 0 Å². The lowest BCUT2D eigenvalue weighted by Gasteiger charge is -2.39. The number of carbonyl (C=O) groups is 2. The number of ether oxygens (including phenoxy) is 1. The van der Waals surface area contributed by atoms with Crippen LogP contribution in [-0.4, -0.2) is 86.0 Å². The number of unbranched alkanes of at least 4 members (excludes halogenated alkanes) is 7. The van der Waals surface area contributed by atoms with Crippen molar-refractivity contribution in [3.8, 4) is 0 Å². The normalized spacial score (nSPS) is 15.0. The lowest BCUT2D eigenvalue weighted by atomic mass is 9.91. The summed E-state index contributed by atoms with van der Waals surface area (Å²) in [6.07, 6.45) is -10.0. The summed E-state index contributed by atoms with van der Waals surface area (Å²) in [6, 6.07) is 0. The van der Waals surface area contributed by atoms with E-state index in [0.29, 0.717) is 36.6 Å². The topological polar surface area (TPSA) is 66.4 Å². The van der Waals surface area contributed by atoms with Crippen LogP contribution in [0.2, 0.25) is 0 Å². The van der Waals surface area contributed by atoms with Crippen LogP contribution in [0, 0.1) is 0 Å². The minimum Gasteiger partial charge on any atom is -0.550 e. The van der Waals surface area contributed by atoms with Crippen molar-refractivity contribution < 1.29 is 81.0 Å². The van der Waals surface area contributed by atoms with Crippen LogP contribution in [0.25, 0.3) is 0 Å². The van der Waals surface area contributed by atoms with Crippen LogP contribution in [0.5, 0.6) is 0 Å². The van der Waals surface area contributed by atoms with Crippen molar-refractivity contribution in [2.75, 3.05) is 27.7 Å². The molecule has 0 aromatic rings. The van der Waals surface area contributed by atoms with Gasteiger partial charge in [0.25, 0.3) is 0 Å². The second-order valence-corrected chi connectivity index (χ2v) is 11.0. The number of alkyl halides is 13. The molecular weight excluding hydrogens is 613 g/mol. The first-order valence-electron chi connectivity index (χ1n) is 12.8. The maximum atomic E-state index is 13.8. The van der Waals surface area contributed by atoms with Gasteiger partial charge in [0.05, 0.1) is 21.1 Å². The lowest BCUT2D eigenvalue weighted by molar-refractivity contribution is -0.873. The molecule has 0 heterocycles. The van der Waals surface area contributed by atoms with Gasteiger partial charge in [0.2, 0.25) is 0 Å². The highest BCUT2D eigenvalue weighted by molar-refractivity contribution is 5.70. The van der Waals surface area contributed by atoms with Crippen molar-refractivity contribution >= 4 is 11.9 Å². The Kier molecular flexibility index (Phi) is 13.9. The SMILES string of the molecule is C[N+](C)(C)CC(CC(=O)[O-])OC(=O)CCCCCCCCCCC(F)(F)C(F)(F)C(F)(F)C(F)(F)C(F)(F)C(F)(F)F. The van der Waals surface area contributed by atoms with E-state index in [9.17, 15) is 71.8 Å². The molecule has 5 nitrogen and oxygen atoms in total. The largest absolute Gasteiger partial charge is 0.550 e. The predicted molar refractivity (Wildman–Crippen MR) is 119 cm³/mol. The van der Waals surface area contributed by atoms with Crippen molar-refractivity contribution in [3.05, 3.63) is 0 Å². The smallest absolute Gasteiger partial charge is 0.460 e. The van der Waals surface area contributed by atoms with Crippen LogP contribution in [-0.2, 0) is 14.3 Å². The van der Waals surface area contributed by atoms with Gasteiger partial charge in [-0.25, -0.2) is 0 Å². The van der Waals surface area contributed by atoms with Gasteiger partial charge < -0.3 is 19.1 Å². The Morgan fingerprint density at radius 2 is 1.05 bits per heavy atom. The van der Waals surface area contributed by atoms with Gasteiger partial charge in [0.15, 0.2) is 6.10 Å². The number of hydrogen-bond donors (Lipinski definition) is 0. The molecular formula is C24H34F13NO4. The van der Waals surface area contributed by atoms with Crippen LogP contribution in [0.1, 0.15) is 70.6 Å². The number of hydrogen-bond acceptors (Lipinski definition) is 4. The summed E-state index contributed by atoms with van der Waals surface area (Å²) >= 11 is 0. The molecule has 0 spiro atoms. The van der Waals surface area contributed by atoms with Crippen molar-refractivity contribution in [1.29, 1.82) is 0 Å². The molecule has 0 aromatic carbocycles. The Labute approximate surface area is 233 Å². The fourth-order valence-electron chi connectivity index (χ4n) is 3.82. The molecule has 250 valence electrons. The van der Waals surface area contributed by atoms with E-state index in [1.807, 2.05) is 0 Å². The van der Waals surface area contributed by atoms with Crippen LogP contribution in [0.15, 0.2) is 0 Å². The van der Waals surface area contributed by atoms with Gasteiger partial charge in [-0.05, 0) is 12.8 Å². The minimum atomic E-state index is -7.88. The molecule has 18 heteroatoms. The molecule has 0 saturated heterocycles. The molecule has 0 rings (SSSR count). The second-order valence-electron chi connectivity index (χ2n) is 11.0. The summed E-state index contributed by atoms with van der Waals surface area (Å²) in [7, 11) is 5.30. The number of nitrogens with zero attached hydrogens (tertiary/aromatic N) is 1. The average molecular weight is 648 g/mol. The number of carboxylic acids is 1. The Hall–Kier alpha value is -2.01. The molecule has 1 atom stereocenters. The molecule has 42 heavy (non-hydrogen) atoms. The highest BCUT2D eigenvalue weighted by Gasteiger charge is 2.90. The monoisotopic (exact) mass is 647 g/mol. The Bertz CT molecular complexity index is 871. The quantitative estimate of drug-likeness (QED) is 0.0666. The predicted octanol–water partition coefficient (Wildman–Crippen LogP) is 6.38. The molecule has 0 bridgehead atoms. The fourth-order valence-corrected chi connectivity index (χ4v) is 3.82. The van der Waals surface area contributed by atoms with E-state index in [1.54, 1.807) is 21.1 Å². The van der Waals surface area contributed by atoms with Crippen molar-refractivity contribution in [2.24, 2.45) is 0 Å². The Morgan fingerprint density at radius 3 is 1.45 bits per heavy atom. The van der Waals surface area contributed by atoms with E-state index in [4.69, 9.17) is 4.74 Å². The number of carbonyl (C=O) groups excluding carboxylic acids is 2. The van der Waals surface area contributed by atoms with Gasteiger partial charge in [-0.2, -0.15) is 57.1 Å². The van der Waals surface area contributed by atoms with E-state index >= 15 is 0 Å². The lowest BCUT2D eigenvalue weighted by Crippen LogP contribution is -2.70. The van der Waals surface area contributed by atoms with Crippen LogP contribution >= 0.6 is 0 Å². The first-order chi connectivity index (χ1) is 18.6. The van der Waals surface area contributed by atoms with E-state index in [-0.39, 0.29) is 25.8 Å². The highest BCUT2D eigenvalue weighted by atomic mass is 19.4. The molecule has 0 aliphatic rings. The third kappa shape index (κ3) is 10.6. The zero-order chi connectivity index (χ0) is 33.4. The number of likely N-dealkylation sites (N-methyl/N-ethyl adjacent to an activating group) is 1. The summed E-state index contributed by atoms with van der Waals surface area (Å²) in [4.78, 5) is 22.8. The van der Waals surface area contributed by atoms with E-state index in [2.05, 4.69) is 0 Å². The summed E-state index contributed by atoms with van der Waals surface area (Å²) < 4.78 is 176. The van der Waals surface area contributed by atoms with Gasteiger partial charge in [0, 0.05) is 25.2 Å². The number of halogens is 13. The fraction of sp³-hybridized carbons (Fsp3) is 0.917. The third-order valence-corrected chi connectivity index (χ3v) is 6.06. The standard InChI is InChI=1S/C24H34F13NO4/c1-38(2,3)15-16(14-17(39)40)42-18(41)12-10-8-6-4-5-7-9-11-13-19(25,26)20(27,28)21(29,30)22(31,32)23(33,34)24(35,36)37/h16H,4-15H2,1-3H3. The van der Waals surface area contributed by atoms with Crippen LogP contribution in [0.4, 0.5) is 57.1 Å². The summed E-state index contributed by atoms with van der Waals surface area (Å²) in [5.74, 6) is -38.7. The number of rotatable bonds is 20. The number of esters is 1. The third-order valence-electron chi connectivity index (χ3n) is 6.06. The first kappa shape index (κ1) is 40.0. The molecule has 0 aliphatic heterocycles. The summed E-state index contributed by atoms with van der Waals surface area (Å²) in [5.41, 5.74) is 0. The number of carboxylic acid groups (broad SMARTS) is 1. The van der Waals surface area contributed by atoms with Gasteiger partial charge in [-0.1, -0.05) is 38.5 Å². The zero-order valence-corrected chi connectivity index (χ0v) is 23.1. The van der Waals surface area contributed by atoms with Gasteiger partial charge in [0.1, 0.15) is 6.54 Å². The first-order valence-corrected chi connectivity index (χ1v) is 12.8. The maximum absolute atomic E-state index is 13.8. The van der Waals surface area contributed by atoms with Gasteiger partial charge >= 0.3 is 41.8 Å². The maximum Gasteiger partial charge on any atom is 0.460 e. The molecule has 0 saturated carbocycles. The van der Waals surface area contributed by atoms with Crippen molar-refractivity contribution in [1.82, 2.24) is 0 Å². The summed E-state index contributed by atoms with van der Waals surface area (Å²) in [6.45, 7) is 0.228.